The molecule has 1 amide bonds. The zero-order valence-electron chi connectivity index (χ0n) is 19.6. The number of carboxylic acids is 1. The lowest BCUT2D eigenvalue weighted by atomic mass is 10.1. The average Bonchev–Trinajstić information content (AvgIpc) is 3.12. The van der Waals surface area contributed by atoms with E-state index in [2.05, 4.69) is 4.99 Å². The minimum absolute atomic E-state index is 0.130. The Morgan fingerprint density at radius 1 is 1.08 bits per heavy atom. The van der Waals surface area contributed by atoms with E-state index < -0.39 is 5.97 Å². The number of hydrogen-bond donors (Lipinski definition) is 1. The molecule has 7 nitrogen and oxygen atoms in total. The number of ether oxygens (including phenoxy) is 2. The molecule has 1 aliphatic heterocycles. The number of aromatic carboxylic acids is 1. The summed E-state index contributed by atoms with van der Waals surface area (Å²) < 4.78 is 11.7. The summed E-state index contributed by atoms with van der Waals surface area (Å²) in [6.07, 6.45) is 1.76. The molecule has 3 aromatic carbocycles. The normalized spacial score (nSPS) is 15.5. The van der Waals surface area contributed by atoms with Gasteiger partial charge in [-0.2, -0.15) is 0 Å². The van der Waals surface area contributed by atoms with E-state index >= 15 is 0 Å². The van der Waals surface area contributed by atoms with Crippen LogP contribution in [0.5, 0.6) is 11.5 Å². The highest BCUT2D eigenvalue weighted by atomic mass is 35.5. The van der Waals surface area contributed by atoms with Crippen molar-refractivity contribution in [1.82, 2.24) is 4.90 Å². The Morgan fingerprint density at radius 2 is 1.89 bits per heavy atom. The zero-order valence-corrected chi connectivity index (χ0v) is 21.2. The number of benzene rings is 3. The van der Waals surface area contributed by atoms with Crippen LogP contribution in [-0.4, -0.2) is 40.7 Å². The molecule has 0 bridgehead atoms. The predicted molar refractivity (Wildman–Crippen MR) is 142 cm³/mol. The van der Waals surface area contributed by atoms with E-state index in [9.17, 15) is 14.7 Å². The number of nitrogens with zero attached hydrogens (tertiary/aromatic N) is 2. The van der Waals surface area contributed by atoms with E-state index in [-0.39, 0.29) is 11.5 Å². The molecule has 4 rings (SSSR count). The first kappa shape index (κ1) is 25.3. The maximum absolute atomic E-state index is 12.8. The number of aliphatic imine (C=N–C) groups is 1. The Hall–Kier alpha value is -3.75. The first-order valence-corrected chi connectivity index (χ1v) is 12.3. The number of carboxylic acid groups (broad SMARTS) is 1. The van der Waals surface area contributed by atoms with Crippen LogP contribution >= 0.6 is 23.4 Å². The molecule has 36 heavy (non-hydrogen) atoms. The summed E-state index contributed by atoms with van der Waals surface area (Å²) in [5.41, 5.74) is 2.22. The highest BCUT2D eigenvalue weighted by molar-refractivity contribution is 8.18. The van der Waals surface area contributed by atoms with Crippen molar-refractivity contribution in [3.63, 3.8) is 0 Å². The molecule has 0 aromatic heterocycles. The van der Waals surface area contributed by atoms with Crippen LogP contribution in [0, 0.1) is 0 Å². The highest BCUT2D eigenvalue weighted by Crippen LogP contribution is 2.35. The summed E-state index contributed by atoms with van der Waals surface area (Å²) in [4.78, 5) is 30.5. The lowest BCUT2D eigenvalue weighted by Gasteiger charge is -2.13. The minimum Gasteiger partial charge on any atom is -0.490 e. The van der Waals surface area contributed by atoms with Crippen LogP contribution in [-0.2, 0) is 11.4 Å². The van der Waals surface area contributed by atoms with Gasteiger partial charge >= 0.3 is 5.97 Å². The van der Waals surface area contributed by atoms with Crippen molar-refractivity contribution in [3.05, 3.63) is 93.3 Å². The first-order valence-electron chi connectivity index (χ1n) is 11.1. The number of halogens is 1. The molecule has 1 N–H and O–H groups in total. The fourth-order valence-corrected chi connectivity index (χ4v) is 4.57. The third-order valence-corrected chi connectivity index (χ3v) is 6.66. The second-order valence-corrected chi connectivity index (χ2v) is 9.16. The summed E-state index contributed by atoms with van der Waals surface area (Å²) in [6.45, 7) is 2.63. The van der Waals surface area contributed by atoms with Crippen LogP contribution in [0.1, 0.15) is 28.4 Å². The molecule has 184 valence electrons. The van der Waals surface area contributed by atoms with Crippen molar-refractivity contribution in [2.75, 3.05) is 13.7 Å². The van der Waals surface area contributed by atoms with Gasteiger partial charge in [0.1, 0.15) is 6.61 Å². The molecule has 9 heteroatoms. The van der Waals surface area contributed by atoms with Gasteiger partial charge in [0.15, 0.2) is 16.7 Å². The number of carbonyl (C=O) groups excluding carboxylic acids is 1. The largest absolute Gasteiger partial charge is 0.490 e. The van der Waals surface area contributed by atoms with Crippen LogP contribution in [0.2, 0.25) is 5.02 Å². The summed E-state index contributed by atoms with van der Waals surface area (Å²) in [5.74, 6) is -0.111. The molecule has 1 aliphatic rings. The number of rotatable bonds is 8. The Morgan fingerprint density at radius 3 is 2.64 bits per heavy atom. The first-order chi connectivity index (χ1) is 17.4. The van der Waals surface area contributed by atoms with E-state index in [4.69, 9.17) is 21.1 Å². The molecule has 1 fully saturated rings. The van der Waals surface area contributed by atoms with E-state index in [1.54, 1.807) is 31.3 Å². The number of carbonyl (C=O) groups is 2. The third-order valence-electron chi connectivity index (χ3n) is 5.23. The van der Waals surface area contributed by atoms with E-state index in [1.165, 1.54) is 28.8 Å². The summed E-state index contributed by atoms with van der Waals surface area (Å²) in [7, 11) is 1.63. The molecule has 1 saturated heterocycles. The van der Waals surface area contributed by atoms with Crippen molar-refractivity contribution in [3.8, 4) is 11.5 Å². The van der Waals surface area contributed by atoms with Crippen molar-refractivity contribution >= 4 is 52.2 Å². The maximum Gasteiger partial charge on any atom is 0.335 e. The topological polar surface area (TPSA) is 88.4 Å². The van der Waals surface area contributed by atoms with Gasteiger partial charge in [0.05, 0.1) is 22.8 Å². The monoisotopic (exact) mass is 522 g/mol. The maximum atomic E-state index is 12.8. The van der Waals surface area contributed by atoms with Crippen molar-refractivity contribution in [2.24, 2.45) is 4.99 Å². The summed E-state index contributed by atoms with van der Waals surface area (Å²) >= 11 is 7.45. The lowest BCUT2D eigenvalue weighted by Crippen LogP contribution is -2.23. The minimum atomic E-state index is -1.04. The second-order valence-electron chi connectivity index (χ2n) is 7.74. The molecule has 0 spiro atoms. The van der Waals surface area contributed by atoms with Gasteiger partial charge in [0, 0.05) is 17.6 Å². The Balaban J connectivity index is 1.55. The highest BCUT2D eigenvalue weighted by Gasteiger charge is 2.30. The van der Waals surface area contributed by atoms with Crippen molar-refractivity contribution < 1.29 is 24.2 Å². The van der Waals surface area contributed by atoms with Crippen LogP contribution in [0.15, 0.2) is 76.6 Å². The average molecular weight is 523 g/mol. The molecular formula is C27H23ClN2O5S. The van der Waals surface area contributed by atoms with Crippen LogP contribution in [0.25, 0.3) is 6.08 Å². The Kier molecular flexibility index (Phi) is 7.97. The fraction of sp³-hybridized carbons (Fsp3) is 0.148. The van der Waals surface area contributed by atoms with E-state index in [0.29, 0.717) is 45.5 Å². The second kappa shape index (κ2) is 11.3. The summed E-state index contributed by atoms with van der Waals surface area (Å²) in [6, 6.07) is 19.2. The molecule has 0 aliphatic carbocycles. The molecule has 3 aromatic rings. The Labute approximate surface area is 218 Å². The molecule has 0 saturated carbocycles. The number of hydrogen-bond acceptors (Lipinski definition) is 6. The predicted octanol–water partition coefficient (Wildman–Crippen LogP) is 6.25. The number of thioether (sulfide) groups is 1. The zero-order chi connectivity index (χ0) is 25.7. The van der Waals surface area contributed by atoms with Crippen LogP contribution < -0.4 is 9.47 Å². The molecule has 0 atom stereocenters. The van der Waals surface area contributed by atoms with Gasteiger partial charge in [-0.1, -0.05) is 41.9 Å². The third kappa shape index (κ3) is 5.90. The van der Waals surface area contributed by atoms with Crippen LogP contribution in [0.4, 0.5) is 5.69 Å². The van der Waals surface area contributed by atoms with E-state index in [1.807, 2.05) is 43.3 Å². The molecule has 0 unspecified atom stereocenters. The van der Waals surface area contributed by atoms with Gasteiger partial charge in [-0.25, -0.2) is 9.79 Å². The van der Waals surface area contributed by atoms with Gasteiger partial charge in [0.25, 0.3) is 5.91 Å². The van der Waals surface area contributed by atoms with Gasteiger partial charge in [-0.15, -0.1) is 0 Å². The molecule has 1 heterocycles. The van der Waals surface area contributed by atoms with E-state index in [0.717, 1.165) is 11.1 Å². The SMILES string of the molecule is CCOc1cc(/C=C2/SC(=Nc3cccc(C(=O)O)c3)N(C)C2=O)ccc1OCc1ccccc1Cl. The number of amides is 1. The molecule has 0 radical (unpaired) electrons. The van der Waals surface area contributed by atoms with Gasteiger partial charge in [0.2, 0.25) is 0 Å². The van der Waals surface area contributed by atoms with Crippen molar-refractivity contribution in [1.29, 1.82) is 0 Å². The quantitative estimate of drug-likeness (QED) is 0.352. The van der Waals surface area contributed by atoms with Gasteiger partial charge < -0.3 is 14.6 Å². The van der Waals surface area contributed by atoms with Gasteiger partial charge in [-0.3, -0.25) is 9.69 Å². The summed E-state index contributed by atoms with van der Waals surface area (Å²) in [5, 5.41) is 10.3. The number of likely N-dealkylation sites (N-methyl/N-ethyl adjacent to an activating group) is 1. The van der Waals surface area contributed by atoms with Gasteiger partial charge in [-0.05, 0) is 66.7 Å². The Bertz CT molecular complexity index is 1370. The smallest absolute Gasteiger partial charge is 0.335 e. The molecular weight excluding hydrogens is 500 g/mol. The lowest BCUT2D eigenvalue weighted by molar-refractivity contribution is -0.121. The van der Waals surface area contributed by atoms with Crippen LogP contribution in [0.3, 0.4) is 0 Å². The fourth-order valence-electron chi connectivity index (χ4n) is 3.39. The van der Waals surface area contributed by atoms with Crippen molar-refractivity contribution in [2.45, 2.75) is 13.5 Å². The number of amidine groups is 1. The standard InChI is InChI=1S/C27H23ClN2O5S/c1-3-34-23-13-17(11-12-22(23)35-16-19-7-4-5-10-21(19)28)14-24-25(31)30(2)27(36-24)29-20-9-6-8-18(15-20)26(32)33/h4-15H,3,16H2,1-2H3,(H,32,33)/b24-14+,29-27?.